The van der Waals surface area contributed by atoms with E-state index in [-0.39, 0.29) is 33.7 Å². The summed E-state index contributed by atoms with van der Waals surface area (Å²) in [5, 5.41) is 10.5. The van der Waals surface area contributed by atoms with Crippen molar-refractivity contribution in [2.24, 2.45) is 0 Å². The smallest absolute Gasteiger partial charge is 0.361 e. The number of alkyl halides is 3. The molecule has 158 valence electrons. The van der Waals surface area contributed by atoms with Crippen LogP contribution in [-0.4, -0.2) is 21.9 Å². The molecule has 1 aromatic carbocycles. The zero-order valence-corrected chi connectivity index (χ0v) is 17.1. The van der Waals surface area contributed by atoms with E-state index < -0.39 is 30.0 Å². The molecule has 0 spiro atoms. The number of amides is 1. The second-order valence-corrected chi connectivity index (χ2v) is 8.31. The standard InChI is InChI=1S/C18H12Cl2F4N4OS/c19-9-6-8(3-4-10(9)21)25-17(29)15-14(20)16-26-11(12-2-1-5-30-12)7-13(18(22,23)24)28(16)27-15/h1-6,11,13,26H,7H2,(H,25,29)/t11-,13-/m1/s1. The first-order valence-corrected chi connectivity index (χ1v) is 10.2. The van der Waals surface area contributed by atoms with Gasteiger partial charge in [-0.3, -0.25) is 4.79 Å². The third-order valence-electron chi connectivity index (χ3n) is 4.57. The van der Waals surface area contributed by atoms with Crippen LogP contribution < -0.4 is 10.6 Å². The van der Waals surface area contributed by atoms with Gasteiger partial charge in [0.25, 0.3) is 5.91 Å². The Hall–Kier alpha value is -2.30. The van der Waals surface area contributed by atoms with Crippen LogP contribution in [0, 0.1) is 5.82 Å². The van der Waals surface area contributed by atoms with Crippen LogP contribution in [0.1, 0.15) is 33.9 Å². The number of halogens is 6. The summed E-state index contributed by atoms with van der Waals surface area (Å²) in [5.74, 6) is -1.62. The first-order valence-electron chi connectivity index (χ1n) is 8.56. The third-order valence-corrected chi connectivity index (χ3v) is 6.21. The summed E-state index contributed by atoms with van der Waals surface area (Å²) in [7, 11) is 0. The summed E-state index contributed by atoms with van der Waals surface area (Å²) in [6.45, 7) is 0. The number of fused-ring (bicyclic) bond motifs is 1. The molecule has 2 atom stereocenters. The van der Waals surface area contributed by atoms with E-state index in [0.29, 0.717) is 9.56 Å². The fourth-order valence-corrected chi connectivity index (χ4v) is 4.41. The van der Waals surface area contributed by atoms with Crippen molar-refractivity contribution in [3.05, 3.63) is 62.1 Å². The van der Waals surface area contributed by atoms with Crippen molar-refractivity contribution in [1.29, 1.82) is 0 Å². The van der Waals surface area contributed by atoms with Gasteiger partial charge < -0.3 is 10.6 Å². The van der Waals surface area contributed by atoms with Gasteiger partial charge >= 0.3 is 6.18 Å². The maximum atomic E-state index is 13.7. The molecule has 5 nitrogen and oxygen atoms in total. The second kappa shape index (κ2) is 7.75. The molecule has 12 heteroatoms. The van der Waals surface area contributed by atoms with E-state index in [1.165, 1.54) is 23.5 Å². The number of aromatic nitrogens is 2. The van der Waals surface area contributed by atoms with Gasteiger partial charge in [-0.25, -0.2) is 9.07 Å². The Bertz CT molecular complexity index is 1100. The molecule has 0 bridgehead atoms. The maximum absolute atomic E-state index is 13.7. The highest BCUT2D eigenvalue weighted by Gasteiger charge is 2.48. The van der Waals surface area contributed by atoms with Crippen molar-refractivity contribution in [3.8, 4) is 0 Å². The van der Waals surface area contributed by atoms with Crippen LogP contribution in [0.2, 0.25) is 10.0 Å². The maximum Gasteiger partial charge on any atom is 0.410 e. The number of carbonyl (C=O) groups excluding carboxylic acids is 1. The Balaban J connectivity index is 1.69. The molecule has 1 amide bonds. The quantitative estimate of drug-likeness (QED) is 0.434. The minimum atomic E-state index is -4.60. The zero-order chi connectivity index (χ0) is 21.6. The van der Waals surface area contributed by atoms with E-state index in [0.717, 1.165) is 6.07 Å². The van der Waals surface area contributed by atoms with Crippen molar-refractivity contribution in [3.63, 3.8) is 0 Å². The largest absolute Gasteiger partial charge is 0.410 e. The molecule has 2 aromatic heterocycles. The fraction of sp³-hybridized carbons (Fsp3) is 0.222. The van der Waals surface area contributed by atoms with Gasteiger partial charge in [-0.05, 0) is 29.6 Å². The van der Waals surface area contributed by atoms with Crippen molar-refractivity contribution in [2.45, 2.75) is 24.7 Å². The van der Waals surface area contributed by atoms with Gasteiger partial charge in [-0.15, -0.1) is 11.3 Å². The monoisotopic (exact) mass is 478 g/mol. The Morgan fingerprint density at radius 3 is 2.70 bits per heavy atom. The first kappa shape index (κ1) is 21.0. The molecule has 0 unspecified atom stereocenters. The summed E-state index contributed by atoms with van der Waals surface area (Å²) in [6, 6.07) is 4.34. The van der Waals surface area contributed by atoms with Crippen LogP contribution >= 0.6 is 34.5 Å². The summed E-state index contributed by atoms with van der Waals surface area (Å²) >= 11 is 13.2. The number of anilines is 2. The number of hydrogen-bond donors (Lipinski definition) is 2. The summed E-state index contributed by atoms with van der Waals surface area (Å²) in [4.78, 5) is 13.3. The molecule has 0 radical (unpaired) electrons. The Labute approximate surface area is 181 Å². The number of rotatable bonds is 3. The van der Waals surface area contributed by atoms with Gasteiger partial charge in [-0.1, -0.05) is 29.3 Å². The average Bonchev–Trinajstić information content (AvgIpc) is 3.32. The molecule has 0 fully saturated rings. The molecule has 4 rings (SSSR count). The SMILES string of the molecule is O=C(Nc1ccc(F)c(Cl)c1)c1nn2c(c1Cl)N[C@@H](c1cccs1)C[C@@H]2C(F)(F)F. The number of carbonyl (C=O) groups is 1. The van der Waals surface area contributed by atoms with Crippen LogP contribution in [0.4, 0.5) is 29.1 Å². The normalized spacial score (nSPS) is 18.6. The minimum Gasteiger partial charge on any atom is -0.361 e. The highest BCUT2D eigenvalue weighted by molar-refractivity contribution is 7.10. The van der Waals surface area contributed by atoms with Crippen LogP contribution in [0.3, 0.4) is 0 Å². The molecule has 0 saturated heterocycles. The van der Waals surface area contributed by atoms with Crippen molar-refractivity contribution < 1.29 is 22.4 Å². The highest BCUT2D eigenvalue weighted by atomic mass is 35.5. The second-order valence-electron chi connectivity index (χ2n) is 6.54. The number of nitrogens with zero attached hydrogens (tertiary/aromatic N) is 2. The average molecular weight is 479 g/mol. The Morgan fingerprint density at radius 2 is 2.07 bits per heavy atom. The van der Waals surface area contributed by atoms with Gasteiger partial charge in [0.2, 0.25) is 0 Å². The van der Waals surface area contributed by atoms with Gasteiger partial charge in [0, 0.05) is 17.0 Å². The molecule has 30 heavy (non-hydrogen) atoms. The van der Waals surface area contributed by atoms with Gasteiger partial charge in [0.15, 0.2) is 11.7 Å². The van der Waals surface area contributed by atoms with Gasteiger partial charge in [0.05, 0.1) is 11.1 Å². The molecule has 2 N–H and O–H groups in total. The molecular weight excluding hydrogens is 467 g/mol. The van der Waals surface area contributed by atoms with Crippen LogP contribution in [-0.2, 0) is 0 Å². The summed E-state index contributed by atoms with van der Waals surface area (Å²) in [6.07, 6.45) is -4.90. The van der Waals surface area contributed by atoms with E-state index in [9.17, 15) is 22.4 Å². The molecule has 3 aromatic rings. The third kappa shape index (κ3) is 3.86. The molecule has 0 aliphatic carbocycles. The number of nitrogens with one attached hydrogen (secondary N) is 2. The molecule has 1 aliphatic rings. The lowest BCUT2D eigenvalue weighted by Crippen LogP contribution is -2.35. The van der Waals surface area contributed by atoms with Gasteiger partial charge in [0.1, 0.15) is 16.7 Å². The van der Waals surface area contributed by atoms with Crippen LogP contribution in [0.5, 0.6) is 0 Å². The topological polar surface area (TPSA) is 59.0 Å². The van der Waals surface area contributed by atoms with E-state index >= 15 is 0 Å². The summed E-state index contributed by atoms with van der Waals surface area (Å²) < 4.78 is 55.2. The lowest BCUT2D eigenvalue weighted by molar-refractivity contribution is -0.173. The highest BCUT2D eigenvalue weighted by Crippen LogP contribution is 2.46. The first-order chi connectivity index (χ1) is 14.1. The Morgan fingerprint density at radius 1 is 1.30 bits per heavy atom. The summed E-state index contributed by atoms with van der Waals surface area (Å²) in [5.41, 5.74) is -0.245. The predicted octanol–water partition coefficient (Wildman–Crippen LogP) is 6.30. The minimum absolute atomic E-state index is 0.0917. The molecule has 3 heterocycles. The molecule has 1 aliphatic heterocycles. The van der Waals surface area contributed by atoms with E-state index in [2.05, 4.69) is 15.7 Å². The number of hydrogen-bond acceptors (Lipinski definition) is 4. The number of benzene rings is 1. The molecule has 0 saturated carbocycles. The molecular formula is C18H12Cl2F4N4OS. The Kier molecular flexibility index (Phi) is 5.41. The van der Waals surface area contributed by atoms with Crippen molar-refractivity contribution in [1.82, 2.24) is 9.78 Å². The van der Waals surface area contributed by atoms with Gasteiger partial charge in [-0.2, -0.15) is 18.3 Å². The zero-order valence-electron chi connectivity index (χ0n) is 14.8. The van der Waals surface area contributed by atoms with Crippen molar-refractivity contribution in [2.75, 3.05) is 10.6 Å². The number of thiophene rings is 1. The van der Waals surface area contributed by atoms with Crippen molar-refractivity contribution >= 4 is 52.0 Å². The fourth-order valence-electron chi connectivity index (χ4n) is 3.17. The van der Waals surface area contributed by atoms with E-state index in [1.54, 1.807) is 17.5 Å². The van der Waals surface area contributed by atoms with E-state index in [1.807, 2.05) is 0 Å². The lowest BCUT2D eigenvalue weighted by Gasteiger charge is -2.32. The van der Waals surface area contributed by atoms with Crippen LogP contribution in [0.25, 0.3) is 0 Å². The predicted molar refractivity (Wildman–Crippen MR) is 107 cm³/mol. The lowest BCUT2D eigenvalue weighted by atomic mass is 10.0. The van der Waals surface area contributed by atoms with E-state index in [4.69, 9.17) is 23.2 Å². The van der Waals surface area contributed by atoms with Crippen LogP contribution in [0.15, 0.2) is 35.7 Å².